The third-order valence-corrected chi connectivity index (χ3v) is 15.8. The van der Waals surface area contributed by atoms with Crippen molar-refractivity contribution in [2.24, 2.45) is 11.3 Å². The smallest absolute Gasteiger partial charge is 0.324 e. The monoisotopic (exact) mass is 997 g/mol. The van der Waals surface area contributed by atoms with Crippen LogP contribution in [0.4, 0.5) is 0 Å². The average Bonchev–Trinajstić information content (AvgIpc) is 3.89. The summed E-state index contributed by atoms with van der Waals surface area (Å²) >= 11 is -1.42. The van der Waals surface area contributed by atoms with Gasteiger partial charge in [-0.1, -0.05) is 39.8 Å². The lowest BCUT2D eigenvalue weighted by atomic mass is 9.84. The molecule has 3 aliphatic rings. The molecule has 7 rings (SSSR count). The Balaban J connectivity index is 1.24. The molecule has 5 heterocycles. The van der Waals surface area contributed by atoms with Crippen LogP contribution in [0.2, 0.25) is 0 Å². The molecule has 6 bridgehead atoms. The van der Waals surface area contributed by atoms with Crippen molar-refractivity contribution in [2.75, 3.05) is 40.9 Å². The first-order valence-electron chi connectivity index (χ1n) is 24.6. The molecule has 2 aromatic heterocycles. The maximum atomic E-state index is 14.8. The lowest BCUT2D eigenvalue weighted by Crippen LogP contribution is -2.62. The summed E-state index contributed by atoms with van der Waals surface area (Å²) in [4.78, 5) is 78.0. The summed E-state index contributed by atoms with van der Waals surface area (Å²) < 4.78 is 28.2. The van der Waals surface area contributed by atoms with Gasteiger partial charge < -0.3 is 38.8 Å². The third kappa shape index (κ3) is 11.4. The summed E-state index contributed by atoms with van der Waals surface area (Å²) in [5.74, 6) is -2.92. The quantitative estimate of drug-likeness (QED) is 0.0933. The van der Waals surface area contributed by atoms with Crippen molar-refractivity contribution >= 4 is 51.9 Å². The van der Waals surface area contributed by atoms with Crippen LogP contribution in [0, 0.1) is 11.3 Å². The van der Waals surface area contributed by atoms with Gasteiger partial charge in [-0.05, 0) is 118 Å². The average molecular weight is 997 g/mol. The van der Waals surface area contributed by atoms with Gasteiger partial charge in [0, 0.05) is 86.4 Å². The molecule has 18 heteroatoms. The normalized spacial score (nSPS) is 22.3. The van der Waals surface area contributed by atoms with E-state index in [1.165, 1.54) is 28.9 Å². The Bertz CT molecular complexity index is 2660. The SMILES string of the molecule is CCn1c(-c2cnccc2COC)c2c3cc(ccc31)-c1cc(O)cc(c1)C[C@H](NC(=O)[C@H](C(C)C)N(C)C(=O)CN(C)C(=O)[C@H]1[C@@H](C)N1[S+]([O-])C(C)(C)C)C(=O)N1CCC[C@H](N1)C(=O)OCC(C)(C)C2. The highest BCUT2D eigenvalue weighted by atomic mass is 32.2. The zero-order valence-electron chi connectivity index (χ0n) is 43.3. The fourth-order valence-corrected chi connectivity index (χ4v) is 11.6. The van der Waals surface area contributed by atoms with Gasteiger partial charge >= 0.3 is 5.97 Å². The standard InChI is InChI=1S/C53H72N8O9S/c1-13-59-43-17-16-34-25-38(43)39(47(59)40-27-54-19-18-35(40)29-69-12)26-53(8,9)30-70-51(67)41-15-14-20-60(56-41)49(65)42(23-33-21-36(34)24-37(62)22-33)55-48(64)45(31(2)3)58(11)44(63)28-57(10)50(66)46-32(4)61(46)71(68)52(5,6)7/h16-19,21-22,24-25,27,31-32,41-42,45-46,56,62H,13-15,20,23,26,28-30H2,1-12H3,(H,55,64)/t32-,41+,42+,45+,46-,61?,71?/m1/s1. The van der Waals surface area contributed by atoms with Gasteiger partial charge in [0.15, 0.2) is 6.04 Å². The van der Waals surface area contributed by atoms with Crippen LogP contribution < -0.4 is 10.7 Å². The highest BCUT2D eigenvalue weighted by Crippen LogP contribution is 2.42. The Hall–Kier alpha value is -5.53. The molecule has 2 fully saturated rings. The Morgan fingerprint density at radius 3 is 2.51 bits per heavy atom. The summed E-state index contributed by atoms with van der Waals surface area (Å²) in [5.41, 5.74) is 9.57. The summed E-state index contributed by atoms with van der Waals surface area (Å²) in [7, 11) is 4.68. The van der Waals surface area contributed by atoms with Crippen LogP contribution in [-0.2, 0) is 70.8 Å². The number of benzene rings is 2. The summed E-state index contributed by atoms with van der Waals surface area (Å²) in [6, 6.07) is 9.29. The highest BCUT2D eigenvalue weighted by Gasteiger charge is 2.61. The maximum absolute atomic E-state index is 14.8. The predicted octanol–water partition coefficient (Wildman–Crippen LogP) is 5.37. The molecule has 0 aliphatic carbocycles. The second-order valence-corrected chi connectivity index (χ2v) is 23.6. The van der Waals surface area contributed by atoms with Crippen molar-refractivity contribution in [3.05, 3.63) is 71.5 Å². The van der Waals surface area contributed by atoms with E-state index in [9.17, 15) is 33.6 Å². The van der Waals surface area contributed by atoms with E-state index < -0.39 is 75.3 Å². The van der Waals surface area contributed by atoms with E-state index in [-0.39, 0.29) is 43.8 Å². The minimum absolute atomic E-state index is 0.0337. The molecule has 0 saturated carbocycles. The molecule has 2 unspecified atom stereocenters. The molecule has 2 aromatic carbocycles. The number of fused-ring (bicyclic) bond motifs is 6. The number of carbonyl (C=O) groups is 5. The lowest BCUT2D eigenvalue weighted by Gasteiger charge is -2.37. The molecule has 0 radical (unpaired) electrons. The molecular formula is C53H72N8O9S. The fourth-order valence-electron chi connectivity index (χ4n) is 10.1. The second kappa shape index (κ2) is 21.3. The first-order valence-corrected chi connectivity index (χ1v) is 25.7. The molecule has 0 spiro atoms. The number of pyridine rings is 1. The number of carbonyl (C=O) groups excluding carboxylic acids is 5. The highest BCUT2D eigenvalue weighted by molar-refractivity contribution is 7.90. The lowest BCUT2D eigenvalue weighted by molar-refractivity contribution is -0.155. The summed E-state index contributed by atoms with van der Waals surface area (Å²) in [6.07, 6.45) is 5.01. The number of nitrogens with one attached hydrogen (secondary N) is 2. The van der Waals surface area contributed by atoms with E-state index in [0.717, 1.165) is 38.9 Å². The van der Waals surface area contributed by atoms with Gasteiger partial charge in [0.1, 0.15) is 28.6 Å². The zero-order valence-corrected chi connectivity index (χ0v) is 44.1. The molecule has 71 heavy (non-hydrogen) atoms. The minimum Gasteiger partial charge on any atom is -0.597 e. The van der Waals surface area contributed by atoms with Crippen molar-refractivity contribution < 1.29 is 43.1 Å². The molecule has 4 aromatic rings. The van der Waals surface area contributed by atoms with Crippen molar-refractivity contribution in [3.63, 3.8) is 0 Å². The van der Waals surface area contributed by atoms with Gasteiger partial charge in [-0.3, -0.25) is 34.0 Å². The molecule has 3 N–H and O–H groups in total. The largest absolute Gasteiger partial charge is 0.597 e. The molecule has 3 aliphatic heterocycles. The fraction of sp³-hybridized carbons (Fsp3) is 0.547. The van der Waals surface area contributed by atoms with Crippen molar-refractivity contribution in [2.45, 2.75) is 136 Å². The van der Waals surface area contributed by atoms with Gasteiger partial charge in [-0.25, -0.2) is 5.43 Å². The van der Waals surface area contributed by atoms with Gasteiger partial charge in [0.2, 0.25) is 17.7 Å². The van der Waals surface area contributed by atoms with E-state index >= 15 is 0 Å². The van der Waals surface area contributed by atoms with E-state index in [1.807, 2.05) is 52.1 Å². The van der Waals surface area contributed by atoms with Crippen molar-refractivity contribution in [1.82, 2.24) is 39.4 Å². The summed E-state index contributed by atoms with van der Waals surface area (Å²) in [5, 5.41) is 16.7. The minimum atomic E-state index is -1.42. The number of hydrogen-bond donors (Lipinski definition) is 3. The third-order valence-electron chi connectivity index (χ3n) is 13.8. The first-order chi connectivity index (χ1) is 33.5. The van der Waals surface area contributed by atoms with E-state index in [0.29, 0.717) is 43.5 Å². The number of methoxy groups -OCH3 is 1. The van der Waals surface area contributed by atoms with Crippen LogP contribution in [0.3, 0.4) is 0 Å². The number of hydrazine groups is 1. The molecule has 2 saturated heterocycles. The Morgan fingerprint density at radius 2 is 1.83 bits per heavy atom. The number of amides is 4. The molecule has 7 atom stereocenters. The van der Waals surface area contributed by atoms with Gasteiger partial charge in [0.25, 0.3) is 5.91 Å². The number of rotatable bonds is 12. The Kier molecular flexibility index (Phi) is 16.0. The predicted molar refractivity (Wildman–Crippen MR) is 273 cm³/mol. The molecule has 17 nitrogen and oxygen atoms in total. The number of aryl methyl sites for hydroxylation is 1. The van der Waals surface area contributed by atoms with E-state index in [4.69, 9.17) is 9.47 Å². The topological polar surface area (TPSA) is 202 Å². The van der Waals surface area contributed by atoms with Crippen LogP contribution in [0.25, 0.3) is 33.3 Å². The number of ether oxygens (including phenoxy) is 2. The van der Waals surface area contributed by atoms with Gasteiger partial charge in [0.05, 0.1) is 31.5 Å². The van der Waals surface area contributed by atoms with Crippen LogP contribution in [0.15, 0.2) is 54.9 Å². The number of phenols is 1. The van der Waals surface area contributed by atoms with Gasteiger partial charge in [-0.15, -0.1) is 4.31 Å². The first kappa shape index (κ1) is 53.3. The summed E-state index contributed by atoms with van der Waals surface area (Å²) in [6.45, 7) is 18.2. The Morgan fingerprint density at radius 1 is 1.10 bits per heavy atom. The molecule has 384 valence electrons. The van der Waals surface area contributed by atoms with Crippen molar-refractivity contribution in [3.8, 4) is 28.1 Å². The van der Waals surface area contributed by atoms with E-state index in [2.05, 4.69) is 53.2 Å². The van der Waals surface area contributed by atoms with Crippen LogP contribution in [0.1, 0.15) is 91.8 Å². The number of cyclic esters (lactones) is 1. The number of likely N-dealkylation sites (N-methyl/N-ethyl adjacent to an activating group) is 2. The van der Waals surface area contributed by atoms with Crippen LogP contribution in [0.5, 0.6) is 5.75 Å². The van der Waals surface area contributed by atoms with E-state index in [1.54, 1.807) is 43.6 Å². The number of nitrogens with zero attached hydrogens (tertiary/aromatic N) is 6. The number of hydrogen-bond acceptors (Lipinski definition) is 12. The van der Waals surface area contributed by atoms with Crippen LogP contribution >= 0.6 is 0 Å². The Labute approximate surface area is 420 Å². The number of phenolic OH excluding ortho intramolecular Hbond substituents is 1. The van der Waals surface area contributed by atoms with Crippen molar-refractivity contribution in [1.29, 1.82) is 0 Å². The number of aromatic hydroxyl groups is 1. The second-order valence-electron chi connectivity index (χ2n) is 21.5. The van der Waals surface area contributed by atoms with Crippen LogP contribution in [-0.4, -0.2) is 144 Å². The zero-order chi connectivity index (χ0) is 51.9. The molecule has 4 amide bonds. The van der Waals surface area contributed by atoms with Gasteiger partial charge in [-0.2, -0.15) is 0 Å². The maximum Gasteiger partial charge on any atom is 0.324 e. The number of aromatic nitrogens is 2. The number of esters is 1. The molecular weight excluding hydrogens is 925 g/mol.